The molecule has 0 unspecified atom stereocenters. The Labute approximate surface area is 145 Å². The Morgan fingerprint density at radius 1 is 1.24 bits per heavy atom. The second kappa shape index (κ2) is 7.92. The van der Waals surface area contributed by atoms with Crippen LogP contribution < -0.4 is 10.4 Å². The Hall–Kier alpha value is -2.70. The predicted molar refractivity (Wildman–Crippen MR) is 94.5 cm³/mol. The Balaban J connectivity index is 1.92. The summed E-state index contributed by atoms with van der Waals surface area (Å²) in [6.07, 6.45) is 3.52. The standard InChI is InChI=1S/C19H20N2O4/c1-24-16-4-5-17-15(9-19(23)25-18(17)10-16)13-21(7-8-22)12-14-3-2-6-20-11-14/h2-6,9-11,22H,7-8,12-13H2,1H3. The Morgan fingerprint density at radius 3 is 2.84 bits per heavy atom. The predicted octanol–water partition coefficient (Wildman–Crippen LogP) is 2.19. The monoisotopic (exact) mass is 340 g/mol. The number of pyridine rings is 1. The lowest BCUT2D eigenvalue weighted by Crippen LogP contribution is -2.26. The van der Waals surface area contributed by atoms with Crippen LogP contribution in [0, 0.1) is 0 Å². The van der Waals surface area contributed by atoms with Crippen molar-refractivity contribution in [2.45, 2.75) is 13.1 Å². The van der Waals surface area contributed by atoms with Crippen LogP contribution in [-0.4, -0.2) is 35.3 Å². The van der Waals surface area contributed by atoms with Crippen LogP contribution in [-0.2, 0) is 13.1 Å². The first kappa shape index (κ1) is 17.1. The molecule has 0 aliphatic heterocycles. The summed E-state index contributed by atoms with van der Waals surface area (Å²) in [5.74, 6) is 0.635. The maximum absolute atomic E-state index is 11.9. The number of nitrogens with zero attached hydrogens (tertiary/aromatic N) is 2. The van der Waals surface area contributed by atoms with Crippen molar-refractivity contribution in [2.75, 3.05) is 20.3 Å². The number of aromatic nitrogens is 1. The van der Waals surface area contributed by atoms with Crippen LogP contribution in [0.1, 0.15) is 11.1 Å². The summed E-state index contributed by atoms with van der Waals surface area (Å²) in [4.78, 5) is 18.1. The molecule has 0 amide bonds. The van der Waals surface area contributed by atoms with Crippen LogP contribution in [0.25, 0.3) is 11.0 Å². The molecule has 0 fully saturated rings. The molecule has 6 nitrogen and oxygen atoms in total. The van der Waals surface area contributed by atoms with E-state index in [9.17, 15) is 9.90 Å². The molecule has 2 heterocycles. The summed E-state index contributed by atoms with van der Waals surface area (Å²) in [6.45, 7) is 1.68. The molecule has 0 saturated heterocycles. The highest BCUT2D eigenvalue weighted by molar-refractivity contribution is 5.81. The lowest BCUT2D eigenvalue weighted by molar-refractivity contribution is 0.184. The van der Waals surface area contributed by atoms with Gasteiger partial charge in [0.25, 0.3) is 0 Å². The van der Waals surface area contributed by atoms with Crippen LogP contribution in [0.4, 0.5) is 0 Å². The van der Waals surface area contributed by atoms with E-state index in [1.807, 2.05) is 24.3 Å². The van der Waals surface area contributed by atoms with Crippen LogP contribution >= 0.6 is 0 Å². The van der Waals surface area contributed by atoms with Gasteiger partial charge >= 0.3 is 5.63 Å². The first-order valence-electron chi connectivity index (χ1n) is 8.02. The first-order valence-corrected chi connectivity index (χ1v) is 8.02. The van der Waals surface area contributed by atoms with Gasteiger partial charge in [-0.2, -0.15) is 0 Å². The van der Waals surface area contributed by atoms with E-state index in [1.54, 1.807) is 25.6 Å². The summed E-state index contributed by atoms with van der Waals surface area (Å²) < 4.78 is 10.5. The number of ether oxygens (including phenoxy) is 1. The second-order valence-electron chi connectivity index (χ2n) is 5.75. The van der Waals surface area contributed by atoms with Gasteiger partial charge in [-0.15, -0.1) is 0 Å². The van der Waals surface area contributed by atoms with Crippen LogP contribution in [0.15, 0.2) is 58.0 Å². The SMILES string of the molecule is COc1ccc2c(CN(CCO)Cc3cccnc3)cc(=O)oc2c1. The number of hydrogen-bond donors (Lipinski definition) is 1. The molecule has 1 N–H and O–H groups in total. The van der Waals surface area contributed by atoms with Gasteiger partial charge in [0.2, 0.25) is 0 Å². The van der Waals surface area contributed by atoms with E-state index in [1.165, 1.54) is 6.07 Å². The molecule has 1 aromatic carbocycles. The minimum Gasteiger partial charge on any atom is -0.497 e. The van der Waals surface area contributed by atoms with Gasteiger partial charge in [-0.05, 0) is 29.3 Å². The lowest BCUT2D eigenvalue weighted by Gasteiger charge is -2.22. The quantitative estimate of drug-likeness (QED) is 0.665. The van der Waals surface area contributed by atoms with E-state index >= 15 is 0 Å². The van der Waals surface area contributed by atoms with Gasteiger partial charge in [-0.1, -0.05) is 6.07 Å². The van der Waals surface area contributed by atoms with E-state index < -0.39 is 5.63 Å². The van der Waals surface area contributed by atoms with Crippen LogP contribution in [0.5, 0.6) is 5.75 Å². The molecule has 2 aromatic heterocycles. The Kier molecular flexibility index (Phi) is 5.42. The molecule has 0 aliphatic rings. The van der Waals surface area contributed by atoms with Crippen molar-refractivity contribution in [3.8, 4) is 5.75 Å². The van der Waals surface area contributed by atoms with Crippen molar-refractivity contribution in [3.63, 3.8) is 0 Å². The zero-order chi connectivity index (χ0) is 17.6. The third-order valence-corrected chi connectivity index (χ3v) is 3.98. The van der Waals surface area contributed by atoms with Gasteiger partial charge < -0.3 is 14.3 Å². The highest BCUT2D eigenvalue weighted by atomic mass is 16.5. The van der Waals surface area contributed by atoms with Crippen LogP contribution in [0.2, 0.25) is 0 Å². The fraction of sp³-hybridized carbons (Fsp3) is 0.263. The molecular formula is C19H20N2O4. The van der Waals surface area contributed by atoms with E-state index in [0.29, 0.717) is 31.0 Å². The normalized spacial score (nSPS) is 11.2. The molecule has 0 radical (unpaired) electrons. The van der Waals surface area contributed by atoms with E-state index in [2.05, 4.69) is 9.88 Å². The summed E-state index contributed by atoms with van der Waals surface area (Å²) in [5.41, 5.74) is 1.99. The zero-order valence-corrected chi connectivity index (χ0v) is 14.0. The fourth-order valence-electron chi connectivity index (χ4n) is 2.81. The van der Waals surface area contributed by atoms with Gasteiger partial charge in [-0.3, -0.25) is 9.88 Å². The van der Waals surface area contributed by atoms with Gasteiger partial charge in [0, 0.05) is 49.5 Å². The minimum atomic E-state index is -0.402. The first-order chi connectivity index (χ1) is 12.2. The zero-order valence-electron chi connectivity index (χ0n) is 14.0. The molecule has 0 bridgehead atoms. The molecule has 0 aliphatic carbocycles. The van der Waals surface area contributed by atoms with Crippen molar-refractivity contribution in [1.29, 1.82) is 0 Å². The third kappa shape index (κ3) is 4.23. The Bertz CT molecular complexity index is 893. The fourth-order valence-corrected chi connectivity index (χ4v) is 2.81. The maximum atomic E-state index is 11.9. The average molecular weight is 340 g/mol. The molecule has 0 saturated carbocycles. The van der Waals surface area contributed by atoms with E-state index in [4.69, 9.17) is 9.15 Å². The van der Waals surface area contributed by atoms with Gasteiger partial charge in [0.15, 0.2) is 0 Å². The summed E-state index contributed by atoms with van der Waals surface area (Å²) in [6, 6.07) is 10.8. The molecule has 6 heteroatoms. The third-order valence-electron chi connectivity index (χ3n) is 3.98. The molecule has 0 spiro atoms. The molecular weight excluding hydrogens is 320 g/mol. The van der Waals surface area contributed by atoms with E-state index in [0.717, 1.165) is 16.5 Å². The summed E-state index contributed by atoms with van der Waals surface area (Å²) in [7, 11) is 1.57. The van der Waals surface area contributed by atoms with Gasteiger partial charge in [0.1, 0.15) is 11.3 Å². The average Bonchev–Trinajstić information content (AvgIpc) is 2.62. The van der Waals surface area contributed by atoms with E-state index in [-0.39, 0.29) is 6.61 Å². The van der Waals surface area contributed by atoms with Crippen LogP contribution in [0.3, 0.4) is 0 Å². The van der Waals surface area contributed by atoms with Crippen molar-refractivity contribution >= 4 is 11.0 Å². The maximum Gasteiger partial charge on any atom is 0.336 e. The number of hydrogen-bond acceptors (Lipinski definition) is 6. The lowest BCUT2D eigenvalue weighted by atomic mass is 10.1. The van der Waals surface area contributed by atoms with Crippen molar-refractivity contribution in [3.05, 3.63) is 70.3 Å². The van der Waals surface area contributed by atoms with Gasteiger partial charge in [-0.25, -0.2) is 4.79 Å². The Morgan fingerprint density at radius 2 is 2.12 bits per heavy atom. The number of rotatable bonds is 7. The number of benzene rings is 1. The minimum absolute atomic E-state index is 0.0352. The molecule has 3 aromatic rings. The topological polar surface area (TPSA) is 75.8 Å². The molecule has 3 rings (SSSR count). The van der Waals surface area contributed by atoms with Crippen molar-refractivity contribution in [2.24, 2.45) is 0 Å². The molecule has 0 atom stereocenters. The van der Waals surface area contributed by atoms with Gasteiger partial charge in [0.05, 0.1) is 13.7 Å². The molecule has 25 heavy (non-hydrogen) atoms. The number of aliphatic hydroxyl groups excluding tert-OH is 1. The second-order valence-corrected chi connectivity index (χ2v) is 5.75. The number of fused-ring (bicyclic) bond motifs is 1. The number of aliphatic hydroxyl groups is 1. The summed E-state index contributed by atoms with van der Waals surface area (Å²) in [5, 5.41) is 10.2. The smallest absolute Gasteiger partial charge is 0.336 e. The molecule has 130 valence electrons. The van der Waals surface area contributed by atoms with Crippen molar-refractivity contribution < 1.29 is 14.3 Å². The van der Waals surface area contributed by atoms with Crippen molar-refractivity contribution in [1.82, 2.24) is 9.88 Å². The highest BCUT2D eigenvalue weighted by Crippen LogP contribution is 2.23. The summed E-state index contributed by atoms with van der Waals surface area (Å²) >= 11 is 0. The highest BCUT2D eigenvalue weighted by Gasteiger charge is 2.12. The largest absolute Gasteiger partial charge is 0.497 e. The number of methoxy groups -OCH3 is 1.